The molecular weight excluding hydrogens is 707 g/mol. The maximum atomic E-state index is 10.1. The van der Waals surface area contributed by atoms with Gasteiger partial charge in [0.15, 0.2) is 11.6 Å². The molecule has 0 saturated heterocycles. The van der Waals surface area contributed by atoms with E-state index in [-0.39, 0.29) is 0 Å². The van der Waals surface area contributed by atoms with Gasteiger partial charge in [0.25, 0.3) is 0 Å². The van der Waals surface area contributed by atoms with Gasteiger partial charge in [-0.3, -0.25) is 4.57 Å². The quantitative estimate of drug-likeness (QED) is 0.180. The summed E-state index contributed by atoms with van der Waals surface area (Å²) in [6, 6.07) is 68.2. The van der Waals surface area contributed by atoms with Crippen LogP contribution in [0, 0.1) is 11.3 Å². The van der Waals surface area contributed by atoms with Crippen molar-refractivity contribution in [3.05, 3.63) is 216 Å². The first kappa shape index (κ1) is 32.3. The summed E-state index contributed by atoms with van der Waals surface area (Å²) in [5.41, 5.74) is 15.6. The predicted molar refractivity (Wildman–Crippen MR) is 231 cm³/mol. The van der Waals surface area contributed by atoms with Crippen LogP contribution in [0.4, 0.5) is 0 Å². The third-order valence-corrected chi connectivity index (χ3v) is 12.2. The second kappa shape index (κ2) is 12.3. The van der Waals surface area contributed by atoms with Gasteiger partial charge in [-0.1, -0.05) is 176 Å². The first-order chi connectivity index (χ1) is 28.8. The van der Waals surface area contributed by atoms with Crippen molar-refractivity contribution in [2.24, 2.45) is 0 Å². The van der Waals surface area contributed by atoms with Crippen LogP contribution in [0.2, 0.25) is 0 Å². The number of nitriles is 1. The van der Waals surface area contributed by atoms with Gasteiger partial charge in [-0.05, 0) is 56.6 Å². The van der Waals surface area contributed by atoms with Gasteiger partial charge in [0, 0.05) is 33.0 Å². The van der Waals surface area contributed by atoms with E-state index in [0.717, 1.165) is 44.1 Å². The van der Waals surface area contributed by atoms with Crippen LogP contribution in [0.5, 0.6) is 0 Å². The fraction of sp³-hybridized carbons (Fsp3) is 0.0189. The predicted octanol–water partition coefficient (Wildman–Crippen LogP) is 12.2. The van der Waals surface area contributed by atoms with Crippen LogP contribution in [0.15, 0.2) is 188 Å². The van der Waals surface area contributed by atoms with Crippen molar-refractivity contribution < 1.29 is 0 Å². The van der Waals surface area contributed by atoms with Crippen LogP contribution in [0.1, 0.15) is 27.8 Å². The van der Waals surface area contributed by atoms with Gasteiger partial charge in [0.1, 0.15) is 0 Å². The normalized spacial score (nSPS) is 12.9. The maximum absolute atomic E-state index is 10.1. The van der Waals surface area contributed by atoms with E-state index >= 15 is 0 Å². The molecule has 0 bridgehead atoms. The minimum absolute atomic E-state index is 0.499. The van der Waals surface area contributed by atoms with Gasteiger partial charge >= 0.3 is 0 Å². The summed E-state index contributed by atoms with van der Waals surface area (Å²) in [5, 5.41) is 12.4. The summed E-state index contributed by atoms with van der Waals surface area (Å²) in [6.45, 7) is 0. The number of hydrogen-bond acceptors (Lipinski definition) is 4. The zero-order valence-corrected chi connectivity index (χ0v) is 31.1. The number of nitrogens with zero attached hydrogens (tertiary/aromatic N) is 5. The molecule has 0 saturated carbocycles. The van der Waals surface area contributed by atoms with E-state index in [9.17, 15) is 5.26 Å². The van der Waals surface area contributed by atoms with Crippen molar-refractivity contribution in [2.45, 2.75) is 5.41 Å². The van der Waals surface area contributed by atoms with E-state index in [4.69, 9.17) is 15.0 Å². The number of para-hydroxylation sites is 1. The number of benzene rings is 8. The average Bonchev–Trinajstić information content (AvgIpc) is 3.91. The van der Waals surface area contributed by atoms with Gasteiger partial charge in [0.2, 0.25) is 5.95 Å². The maximum Gasteiger partial charge on any atom is 0.238 e. The van der Waals surface area contributed by atoms with Crippen LogP contribution in [-0.4, -0.2) is 19.5 Å². The highest BCUT2D eigenvalue weighted by Crippen LogP contribution is 2.64. The number of hydrogen-bond donors (Lipinski definition) is 0. The van der Waals surface area contributed by atoms with Crippen LogP contribution in [0.25, 0.3) is 83.9 Å². The van der Waals surface area contributed by atoms with E-state index in [0.29, 0.717) is 23.2 Å². The Morgan fingerprint density at radius 1 is 0.414 bits per heavy atom. The monoisotopic (exact) mass is 737 g/mol. The minimum Gasteiger partial charge on any atom is -0.277 e. The van der Waals surface area contributed by atoms with Crippen LogP contribution < -0.4 is 0 Å². The summed E-state index contributed by atoms with van der Waals surface area (Å²) in [7, 11) is 0. The standard InChI is InChI=1S/C53H31N5/c54-32-34-18-4-5-19-35(34)36-20-6-7-24-41(36)51-55-50(33-16-2-1-3-17-33)56-52(57-51)58-47-29-15-11-23-39(47)40-30-31-46-48(49(40)58)42-25-10-14-28-45(42)53(46)43-26-12-8-21-37(43)38-22-9-13-27-44(38)53/h1-31H. The molecule has 5 nitrogen and oxygen atoms in total. The van der Waals surface area contributed by atoms with E-state index in [1.54, 1.807) is 0 Å². The van der Waals surface area contributed by atoms with Crippen molar-refractivity contribution in [1.29, 1.82) is 5.26 Å². The lowest BCUT2D eigenvalue weighted by Crippen LogP contribution is -2.25. The Morgan fingerprint density at radius 3 is 1.69 bits per heavy atom. The zero-order chi connectivity index (χ0) is 38.4. The fourth-order valence-corrected chi connectivity index (χ4v) is 9.87. The first-order valence-corrected chi connectivity index (χ1v) is 19.5. The molecule has 10 aromatic rings. The molecule has 0 radical (unpaired) electrons. The van der Waals surface area contributed by atoms with E-state index in [1.807, 2.05) is 78.9 Å². The molecule has 1 spiro atoms. The summed E-state index contributed by atoms with van der Waals surface area (Å²) in [5.74, 6) is 1.62. The molecule has 0 N–H and O–H groups in total. The highest BCUT2D eigenvalue weighted by atomic mass is 15.2. The number of aromatic nitrogens is 4. The van der Waals surface area contributed by atoms with Gasteiger partial charge < -0.3 is 0 Å². The molecule has 2 heterocycles. The lowest BCUT2D eigenvalue weighted by molar-refractivity contribution is 0.794. The molecule has 268 valence electrons. The Balaban J connectivity index is 1.21. The van der Waals surface area contributed by atoms with Gasteiger partial charge in [0.05, 0.1) is 28.1 Å². The minimum atomic E-state index is -0.499. The largest absolute Gasteiger partial charge is 0.277 e. The summed E-state index contributed by atoms with van der Waals surface area (Å²) in [6.07, 6.45) is 0. The summed E-state index contributed by atoms with van der Waals surface area (Å²) in [4.78, 5) is 15.9. The fourth-order valence-electron chi connectivity index (χ4n) is 9.87. The topological polar surface area (TPSA) is 67.4 Å². The molecule has 0 atom stereocenters. The second-order valence-corrected chi connectivity index (χ2v) is 15.0. The van der Waals surface area contributed by atoms with Crippen molar-refractivity contribution >= 4 is 21.8 Å². The second-order valence-electron chi connectivity index (χ2n) is 15.0. The number of fused-ring (bicyclic) bond motifs is 14. The average molecular weight is 738 g/mol. The Hall–Kier alpha value is -7.94. The molecular formula is C53H31N5. The Morgan fingerprint density at radius 2 is 0.966 bits per heavy atom. The zero-order valence-electron chi connectivity index (χ0n) is 31.1. The Bertz CT molecular complexity index is 3320. The van der Waals surface area contributed by atoms with Gasteiger partial charge in [-0.15, -0.1) is 0 Å². The molecule has 2 aliphatic carbocycles. The molecule has 8 aromatic carbocycles. The molecule has 0 aliphatic heterocycles. The SMILES string of the molecule is N#Cc1ccccc1-c1ccccc1-c1nc(-c2ccccc2)nc(-n2c3ccccc3c3ccc4c(c32)-c2ccccc2C42c3ccccc3-c3ccccc32)n1. The first-order valence-electron chi connectivity index (χ1n) is 19.5. The lowest BCUT2D eigenvalue weighted by Gasteiger charge is -2.30. The van der Waals surface area contributed by atoms with E-state index < -0.39 is 5.41 Å². The molecule has 0 unspecified atom stereocenters. The van der Waals surface area contributed by atoms with E-state index in [2.05, 4.69) is 120 Å². The Labute approximate surface area is 334 Å². The highest BCUT2D eigenvalue weighted by molar-refractivity contribution is 6.16. The summed E-state index contributed by atoms with van der Waals surface area (Å²) >= 11 is 0. The molecule has 2 aliphatic rings. The molecule has 12 rings (SSSR count). The van der Waals surface area contributed by atoms with Crippen molar-refractivity contribution in [1.82, 2.24) is 19.5 Å². The van der Waals surface area contributed by atoms with Gasteiger partial charge in [-0.25, -0.2) is 4.98 Å². The van der Waals surface area contributed by atoms with Crippen molar-refractivity contribution in [2.75, 3.05) is 0 Å². The molecule has 2 aromatic heterocycles. The molecule has 58 heavy (non-hydrogen) atoms. The van der Waals surface area contributed by atoms with Crippen molar-refractivity contribution in [3.8, 4) is 68.2 Å². The lowest BCUT2D eigenvalue weighted by atomic mass is 9.70. The van der Waals surface area contributed by atoms with Crippen LogP contribution in [0.3, 0.4) is 0 Å². The highest BCUT2D eigenvalue weighted by Gasteiger charge is 2.52. The smallest absolute Gasteiger partial charge is 0.238 e. The van der Waals surface area contributed by atoms with Crippen LogP contribution in [-0.2, 0) is 5.41 Å². The van der Waals surface area contributed by atoms with Crippen LogP contribution >= 0.6 is 0 Å². The third-order valence-electron chi connectivity index (χ3n) is 12.2. The Kier molecular flexibility index (Phi) is 6.84. The summed E-state index contributed by atoms with van der Waals surface area (Å²) < 4.78 is 2.26. The van der Waals surface area contributed by atoms with Gasteiger partial charge in [-0.2, -0.15) is 15.2 Å². The van der Waals surface area contributed by atoms with Crippen molar-refractivity contribution in [3.63, 3.8) is 0 Å². The molecule has 0 amide bonds. The third kappa shape index (κ3) is 4.31. The molecule has 0 fully saturated rings. The van der Waals surface area contributed by atoms with E-state index in [1.165, 1.54) is 44.5 Å². The molecule has 5 heteroatoms. The number of rotatable bonds is 4.